The molecule has 33 heavy (non-hydrogen) atoms. The van der Waals surface area contributed by atoms with Gasteiger partial charge in [0.15, 0.2) is 6.17 Å². The lowest BCUT2D eigenvalue weighted by Crippen LogP contribution is -2.55. The van der Waals surface area contributed by atoms with E-state index in [1.165, 1.54) is 109 Å². The van der Waals surface area contributed by atoms with Crippen LogP contribution >= 0.6 is 0 Å². The second kappa shape index (κ2) is 20.1. The first-order valence-corrected chi connectivity index (χ1v) is 14.3. The Labute approximate surface area is 206 Å². The molecule has 0 aromatic carbocycles. The number of quaternary nitrogens is 1. The number of allylic oxidation sites excluding steroid dienone is 2. The van der Waals surface area contributed by atoms with E-state index in [0.29, 0.717) is 6.17 Å². The van der Waals surface area contributed by atoms with E-state index < -0.39 is 0 Å². The minimum Gasteiger partial charge on any atom is -0.351 e. The Kier molecular flexibility index (Phi) is 18.1. The molecule has 0 saturated carbocycles. The predicted molar refractivity (Wildman–Crippen MR) is 144 cm³/mol. The van der Waals surface area contributed by atoms with Crippen LogP contribution in [-0.4, -0.2) is 36.2 Å². The average molecular weight is 463 g/mol. The zero-order valence-corrected chi connectivity index (χ0v) is 22.4. The smallest absolute Gasteiger partial charge is 0.217 e. The third-order valence-corrected chi connectivity index (χ3v) is 7.26. The molecular weight excluding hydrogens is 406 g/mol. The Bertz CT molecular complexity index is 531. The number of carbonyl (C=O) groups is 1. The largest absolute Gasteiger partial charge is 0.351 e. The summed E-state index contributed by atoms with van der Waals surface area (Å²) in [5.41, 5.74) is 0. The lowest BCUT2D eigenvalue weighted by molar-refractivity contribution is -0.898. The third kappa shape index (κ3) is 14.6. The molecule has 1 aliphatic rings. The summed E-state index contributed by atoms with van der Waals surface area (Å²) in [7, 11) is 0. The van der Waals surface area contributed by atoms with E-state index in [2.05, 4.69) is 49.0 Å². The molecule has 2 N–H and O–H groups in total. The van der Waals surface area contributed by atoms with Gasteiger partial charge in [0, 0.05) is 13.3 Å². The maximum Gasteiger partial charge on any atom is 0.217 e. The van der Waals surface area contributed by atoms with Crippen LogP contribution in [0.15, 0.2) is 24.6 Å². The van der Waals surface area contributed by atoms with E-state index in [0.717, 1.165) is 24.1 Å². The van der Waals surface area contributed by atoms with Crippen LogP contribution in [0.1, 0.15) is 130 Å². The van der Waals surface area contributed by atoms with Crippen LogP contribution < -0.4 is 10.6 Å². The Morgan fingerprint density at radius 2 is 1.39 bits per heavy atom. The van der Waals surface area contributed by atoms with Crippen molar-refractivity contribution in [2.45, 2.75) is 136 Å². The predicted octanol–water partition coefficient (Wildman–Crippen LogP) is 7.57. The second-order valence-corrected chi connectivity index (χ2v) is 10.1. The van der Waals surface area contributed by atoms with Crippen molar-refractivity contribution in [1.82, 2.24) is 10.6 Å². The molecule has 0 aromatic rings. The third-order valence-electron chi connectivity index (χ3n) is 7.26. The maximum absolute atomic E-state index is 11.2. The molecule has 0 aromatic heterocycles. The summed E-state index contributed by atoms with van der Waals surface area (Å²) in [5.74, 6) is 0.0675. The molecular formula is C29H56N3O+. The molecule has 2 atom stereocenters. The van der Waals surface area contributed by atoms with E-state index in [1.807, 2.05) is 0 Å². The average Bonchev–Trinajstić information content (AvgIpc) is 3.21. The van der Waals surface area contributed by atoms with Gasteiger partial charge in [-0.25, -0.2) is 0 Å². The Morgan fingerprint density at radius 1 is 0.848 bits per heavy atom. The lowest BCUT2D eigenvalue weighted by atomic mass is 10.0. The van der Waals surface area contributed by atoms with Crippen LogP contribution in [0.2, 0.25) is 0 Å². The van der Waals surface area contributed by atoms with Gasteiger partial charge in [0.2, 0.25) is 5.91 Å². The van der Waals surface area contributed by atoms with Gasteiger partial charge in [0.25, 0.3) is 0 Å². The standard InChI is InChI=1S/C29H55N3O/c1-4-6-7-8-9-10-11-12-13-14-15-16-17-18-19-20-21-22-23-29-31-25-27-32(29,5-2)26-24-30-28(3)33/h9-10,25,27,29,31H,4-8,11-24,26H2,1-3H3/p+1/b10-9+. The first-order valence-electron chi connectivity index (χ1n) is 14.3. The summed E-state index contributed by atoms with van der Waals surface area (Å²) >= 11 is 0. The number of rotatable bonds is 22. The molecule has 0 aliphatic carbocycles. The zero-order valence-electron chi connectivity index (χ0n) is 22.4. The van der Waals surface area contributed by atoms with Gasteiger partial charge in [-0.1, -0.05) is 89.7 Å². The highest BCUT2D eigenvalue weighted by molar-refractivity contribution is 5.72. The molecule has 0 radical (unpaired) electrons. The quantitative estimate of drug-likeness (QED) is 0.0989. The van der Waals surface area contributed by atoms with E-state index in [-0.39, 0.29) is 5.91 Å². The number of nitrogens with zero attached hydrogens (tertiary/aromatic N) is 1. The number of nitrogens with one attached hydrogen (secondary N) is 2. The number of carbonyl (C=O) groups excluding carboxylic acids is 1. The Morgan fingerprint density at radius 3 is 1.94 bits per heavy atom. The first kappa shape index (κ1) is 29.7. The number of likely N-dealkylation sites (N-methyl/N-ethyl adjacent to an activating group) is 1. The minimum atomic E-state index is 0.0675. The number of amides is 1. The molecule has 0 saturated heterocycles. The summed E-state index contributed by atoms with van der Waals surface area (Å²) in [6.07, 6.45) is 32.8. The fraction of sp³-hybridized carbons (Fsp3) is 0.828. The maximum atomic E-state index is 11.2. The molecule has 4 heteroatoms. The van der Waals surface area contributed by atoms with Gasteiger partial charge in [0.05, 0.1) is 19.3 Å². The zero-order chi connectivity index (χ0) is 24.0. The van der Waals surface area contributed by atoms with Gasteiger partial charge in [-0.05, 0) is 39.0 Å². The molecule has 4 nitrogen and oxygen atoms in total. The van der Waals surface area contributed by atoms with Crippen molar-refractivity contribution in [2.24, 2.45) is 0 Å². The van der Waals surface area contributed by atoms with Gasteiger partial charge >= 0.3 is 0 Å². The summed E-state index contributed by atoms with van der Waals surface area (Å²) in [6, 6.07) is 0. The highest BCUT2D eigenvalue weighted by atomic mass is 16.1. The van der Waals surface area contributed by atoms with E-state index in [1.54, 1.807) is 6.92 Å². The van der Waals surface area contributed by atoms with Crippen molar-refractivity contribution in [1.29, 1.82) is 0 Å². The summed E-state index contributed by atoms with van der Waals surface area (Å²) in [6.45, 7) is 8.92. The van der Waals surface area contributed by atoms with Crippen LogP contribution in [-0.2, 0) is 4.79 Å². The highest BCUT2D eigenvalue weighted by Gasteiger charge is 2.36. The molecule has 1 heterocycles. The van der Waals surface area contributed by atoms with Crippen molar-refractivity contribution in [2.75, 3.05) is 19.6 Å². The van der Waals surface area contributed by atoms with E-state index >= 15 is 0 Å². The lowest BCUT2D eigenvalue weighted by Gasteiger charge is -2.37. The SMILES string of the molecule is CCCCC/C=C/CCCCCCCCCCCCCC1NC=C[N+]1(CC)CCNC(C)=O. The van der Waals surface area contributed by atoms with Gasteiger partial charge in [-0.3, -0.25) is 9.28 Å². The van der Waals surface area contributed by atoms with Crippen LogP contribution in [0, 0.1) is 0 Å². The normalized spacial score (nSPS) is 19.9. The van der Waals surface area contributed by atoms with E-state index in [9.17, 15) is 4.79 Å². The fourth-order valence-corrected chi connectivity index (χ4v) is 4.99. The van der Waals surface area contributed by atoms with Crippen molar-refractivity contribution >= 4 is 5.91 Å². The minimum absolute atomic E-state index is 0.0675. The van der Waals surface area contributed by atoms with E-state index in [4.69, 9.17) is 0 Å². The summed E-state index contributed by atoms with van der Waals surface area (Å²) in [4.78, 5) is 11.2. The van der Waals surface area contributed by atoms with Crippen LogP contribution in [0.3, 0.4) is 0 Å². The van der Waals surface area contributed by atoms with Crippen molar-refractivity contribution < 1.29 is 9.28 Å². The molecule has 1 amide bonds. The molecule has 0 spiro atoms. The highest BCUT2D eigenvalue weighted by Crippen LogP contribution is 2.23. The number of hydrogen-bond donors (Lipinski definition) is 2. The second-order valence-electron chi connectivity index (χ2n) is 10.1. The first-order chi connectivity index (χ1) is 16.1. The van der Waals surface area contributed by atoms with Crippen molar-refractivity contribution in [3.8, 4) is 0 Å². The van der Waals surface area contributed by atoms with Crippen LogP contribution in [0.5, 0.6) is 0 Å². The summed E-state index contributed by atoms with van der Waals surface area (Å²) in [5, 5.41) is 6.53. The molecule has 192 valence electrons. The number of unbranched alkanes of at least 4 members (excludes halogenated alkanes) is 14. The van der Waals surface area contributed by atoms with Gasteiger partial charge < -0.3 is 10.6 Å². The van der Waals surface area contributed by atoms with Gasteiger partial charge in [-0.15, -0.1) is 0 Å². The molecule has 1 aliphatic heterocycles. The molecule has 0 bridgehead atoms. The van der Waals surface area contributed by atoms with Crippen LogP contribution in [0.4, 0.5) is 0 Å². The van der Waals surface area contributed by atoms with Crippen molar-refractivity contribution in [3.63, 3.8) is 0 Å². The number of hydrogen-bond acceptors (Lipinski definition) is 2. The molecule has 0 fully saturated rings. The van der Waals surface area contributed by atoms with Crippen molar-refractivity contribution in [3.05, 3.63) is 24.6 Å². The Hall–Kier alpha value is -1.29. The monoisotopic (exact) mass is 462 g/mol. The Balaban J connectivity index is 1.92. The van der Waals surface area contributed by atoms with Gasteiger partial charge in [-0.2, -0.15) is 0 Å². The van der Waals surface area contributed by atoms with Gasteiger partial charge in [0.1, 0.15) is 12.7 Å². The van der Waals surface area contributed by atoms with Crippen LogP contribution in [0.25, 0.3) is 0 Å². The summed E-state index contributed by atoms with van der Waals surface area (Å²) < 4.78 is 0.954. The molecule has 2 unspecified atom stereocenters. The topological polar surface area (TPSA) is 41.1 Å². The fourth-order valence-electron chi connectivity index (χ4n) is 4.99. The molecule has 1 rings (SSSR count).